The molecule has 0 saturated heterocycles. The molecule has 0 saturated carbocycles. The summed E-state index contributed by atoms with van der Waals surface area (Å²) in [6, 6.07) is 18.8. The Kier molecular flexibility index (Phi) is 5.68. The molecule has 0 aliphatic rings. The number of hydrogen-bond donors (Lipinski definition) is 0. The first-order valence-electron chi connectivity index (χ1n) is 8.08. The van der Waals surface area contributed by atoms with Gasteiger partial charge in [0.05, 0.1) is 19.3 Å². The van der Waals surface area contributed by atoms with Crippen molar-refractivity contribution in [1.29, 1.82) is 0 Å². The van der Waals surface area contributed by atoms with Crippen LogP contribution in [0.3, 0.4) is 0 Å². The van der Waals surface area contributed by atoms with Gasteiger partial charge in [0, 0.05) is 5.02 Å². The Balaban J connectivity index is 2.15. The van der Waals surface area contributed by atoms with Crippen LogP contribution in [0.5, 0.6) is 5.75 Å². The summed E-state index contributed by atoms with van der Waals surface area (Å²) in [5.74, 6) is -0.445. The average molecular weight is 406 g/mol. The van der Waals surface area contributed by atoms with Crippen LogP contribution in [0.1, 0.15) is 5.56 Å². The Morgan fingerprint density at radius 2 is 1.59 bits per heavy atom. The number of rotatable bonds is 6. The molecule has 0 spiro atoms. The molecule has 0 aliphatic carbocycles. The van der Waals surface area contributed by atoms with Crippen LogP contribution < -0.4 is 9.04 Å². The second kappa shape index (κ2) is 7.98. The normalized spacial score (nSPS) is 11.2. The zero-order valence-electron chi connectivity index (χ0n) is 14.5. The average Bonchev–Trinajstić information content (AvgIpc) is 2.67. The van der Waals surface area contributed by atoms with E-state index in [4.69, 9.17) is 16.3 Å². The standard InChI is InChI=1S/C20H17ClFNO3S/c1-26-19-8-4-3-7-18(19)23(14-15-10-12-16(21)13-11-15)27(24,25)20-9-5-2-6-17(20)22/h2-13H,14H2,1H3. The number of hydrogen-bond acceptors (Lipinski definition) is 3. The van der Waals surface area contributed by atoms with Gasteiger partial charge in [-0.25, -0.2) is 12.8 Å². The van der Waals surface area contributed by atoms with E-state index in [0.29, 0.717) is 22.0 Å². The first kappa shape index (κ1) is 19.2. The van der Waals surface area contributed by atoms with Crippen molar-refractivity contribution in [3.8, 4) is 5.75 Å². The van der Waals surface area contributed by atoms with Crippen LogP contribution in [0.25, 0.3) is 0 Å². The van der Waals surface area contributed by atoms with Gasteiger partial charge >= 0.3 is 0 Å². The van der Waals surface area contributed by atoms with Gasteiger partial charge in [-0.05, 0) is 42.0 Å². The molecule has 0 N–H and O–H groups in total. The number of ether oxygens (including phenoxy) is 1. The lowest BCUT2D eigenvalue weighted by Crippen LogP contribution is -2.31. The molecule has 0 amide bonds. The van der Waals surface area contributed by atoms with Crippen molar-refractivity contribution >= 4 is 27.3 Å². The molecule has 0 aliphatic heterocycles. The molecule has 0 atom stereocenters. The first-order valence-corrected chi connectivity index (χ1v) is 9.90. The topological polar surface area (TPSA) is 46.6 Å². The Bertz CT molecular complexity index is 1040. The predicted molar refractivity (Wildman–Crippen MR) is 104 cm³/mol. The predicted octanol–water partition coefficient (Wildman–Crippen LogP) is 4.88. The molecule has 0 radical (unpaired) electrons. The van der Waals surface area contributed by atoms with Crippen LogP contribution in [-0.2, 0) is 16.6 Å². The van der Waals surface area contributed by atoms with E-state index in [0.717, 1.165) is 10.4 Å². The third kappa shape index (κ3) is 4.07. The molecule has 3 aromatic rings. The molecule has 27 heavy (non-hydrogen) atoms. The Morgan fingerprint density at radius 3 is 2.26 bits per heavy atom. The number of sulfonamides is 1. The van der Waals surface area contributed by atoms with Crippen molar-refractivity contribution in [2.24, 2.45) is 0 Å². The maximum atomic E-state index is 14.3. The molecule has 0 bridgehead atoms. The van der Waals surface area contributed by atoms with Gasteiger partial charge in [0.1, 0.15) is 16.5 Å². The molecule has 3 rings (SSSR count). The number of anilines is 1. The summed E-state index contributed by atoms with van der Waals surface area (Å²) in [6.07, 6.45) is 0. The highest BCUT2D eigenvalue weighted by molar-refractivity contribution is 7.92. The minimum atomic E-state index is -4.18. The molecule has 0 unspecified atom stereocenters. The van der Waals surface area contributed by atoms with Gasteiger partial charge in [-0.1, -0.05) is 48.0 Å². The molecule has 7 heteroatoms. The van der Waals surface area contributed by atoms with E-state index in [1.165, 1.54) is 25.3 Å². The summed E-state index contributed by atoms with van der Waals surface area (Å²) in [5, 5.41) is 0.541. The van der Waals surface area contributed by atoms with Gasteiger partial charge in [-0.2, -0.15) is 0 Å². The smallest absolute Gasteiger partial charge is 0.267 e. The molecule has 0 heterocycles. The largest absolute Gasteiger partial charge is 0.495 e. The highest BCUT2D eigenvalue weighted by Crippen LogP contribution is 2.34. The first-order chi connectivity index (χ1) is 12.9. The van der Waals surface area contributed by atoms with Crippen molar-refractivity contribution in [1.82, 2.24) is 0 Å². The minimum Gasteiger partial charge on any atom is -0.495 e. The van der Waals surface area contributed by atoms with E-state index in [1.54, 1.807) is 48.5 Å². The van der Waals surface area contributed by atoms with Crippen LogP contribution >= 0.6 is 11.6 Å². The van der Waals surface area contributed by atoms with Crippen molar-refractivity contribution in [2.45, 2.75) is 11.4 Å². The fourth-order valence-electron chi connectivity index (χ4n) is 2.66. The Labute approximate surface area is 162 Å². The van der Waals surface area contributed by atoms with Crippen LogP contribution in [0.15, 0.2) is 77.7 Å². The van der Waals surface area contributed by atoms with Crippen molar-refractivity contribution in [3.05, 3.63) is 89.2 Å². The maximum absolute atomic E-state index is 14.3. The third-order valence-corrected chi connectivity index (χ3v) is 6.04. The van der Waals surface area contributed by atoms with Crippen molar-refractivity contribution in [2.75, 3.05) is 11.4 Å². The van der Waals surface area contributed by atoms with Crippen molar-refractivity contribution in [3.63, 3.8) is 0 Å². The second-order valence-electron chi connectivity index (χ2n) is 5.74. The minimum absolute atomic E-state index is 0.00574. The fraction of sp³-hybridized carbons (Fsp3) is 0.100. The van der Waals surface area contributed by atoms with Gasteiger partial charge in [-0.3, -0.25) is 4.31 Å². The molecule has 0 aromatic heterocycles. The lowest BCUT2D eigenvalue weighted by Gasteiger charge is -2.26. The number of methoxy groups -OCH3 is 1. The molecule has 0 fully saturated rings. The Morgan fingerprint density at radius 1 is 0.963 bits per heavy atom. The summed E-state index contributed by atoms with van der Waals surface area (Å²) in [6.45, 7) is -0.00574. The molecular formula is C20H17ClFNO3S. The van der Waals surface area contributed by atoms with E-state index < -0.39 is 20.7 Å². The molecule has 4 nitrogen and oxygen atoms in total. The summed E-state index contributed by atoms with van der Waals surface area (Å²) >= 11 is 5.92. The fourth-order valence-corrected chi connectivity index (χ4v) is 4.32. The lowest BCUT2D eigenvalue weighted by atomic mass is 10.2. The van der Waals surface area contributed by atoms with E-state index in [9.17, 15) is 12.8 Å². The zero-order chi connectivity index (χ0) is 19.4. The number of para-hydroxylation sites is 2. The lowest BCUT2D eigenvalue weighted by molar-refractivity contribution is 0.415. The van der Waals surface area contributed by atoms with Crippen molar-refractivity contribution < 1.29 is 17.5 Å². The van der Waals surface area contributed by atoms with Crippen LogP contribution in [-0.4, -0.2) is 15.5 Å². The molecule has 3 aromatic carbocycles. The second-order valence-corrected chi connectivity index (χ2v) is 8.01. The van der Waals surface area contributed by atoms with E-state index >= 15 is 0 Å². The van der Waals surface area contributed by atoms with Gasteiger partial charge in [0.25, 0.3) is 10.0 Å². The SMILES string of the molecule is COc1ccccc1N(Cc1ccc(Cl)cc1)S(=O)(=O)c1ccccc1F. The van der Waals surface area contributed by atoms with Crippen LogP contribution in [0.2, 0.25) is 5.02 Å². The van der Waals surface area contributed by atoms with E-state index in [1.807, 2.05) is 0 Å². The highest BCUT2D eigenvalue weighted by Gasteiger charge is 2.29. The Hall–Kier alpha value is -2.57. The quantitative estimate of drug-likeness (QED) is 0.587. The van der Waals surface area contributed by atoms with Crippen LogP contribution in [0.4, 0.5) is 10.1 Å². The molecular weight excluding hydrogens is 389 g/mol. The summed E-state index contributed by atoms with van der Waals surface area (Å²) in [7, 11) is -2.73. The summed E-state index contributed by atoms with van der Waals surface area (Å²) in [5.41, 5.74) is 1.02. The number of halogens is 2. The number of nitrogens with zero attached hydrogens (tertiary/aromatic N) is 1. The third-order valence-electron chi connectivity index (χ3n) is 4.00. The molecule has 140 valence electrons. The van der Waals surface area contributed by atoms with Gasteiger partial charge in [-0.15, -0.1) is 0 Å². The van der Waals surface area contributed by atoms with Crippen LogP contribution in [0, 0.1) is 5.82 Å². The summed E-state index contributed by atoms with van der Waals surface area (Å²) < 4.78 is 47.3. The highest BCUT2D eigenvalue weighted by atomic mass is 35.5. The number of benzene rings is 3. The zero-order valence-corrected chi connectivity index (χ0v) is 16.0. The maximum Gasteiger partial charge on any atom is 0.267 e. The van der Waals surface area contributed by atoms with Gasteiger partial charge in [0.15, 0.2) is 0 Å². The van der Waals surface area contributed by atoms with Gasteiger partial charge in [0.2, 0.25) is 0 Å². The van der Waals surface area contributed by atoms with E-state index in [2.05, 4.69) is 0 Å². The summed E-state index contributed by atoms with van der Waals surface area (Å²) in [4.78, 5) is -0.398. The van der Waals surface area contributed by atoms with E-state index in [-0.39, 0.29) is 6.54 Å². The van der Waals surface area contributed by atoms with Gasteiger partial charge < -0.3 is 4.74 Å². The monoisotopic (exact) mass is 405 g/mol.